The molecule has 4 heteroatoms. The van der Waals surface area contributed by atoms with Crippen LogP contribution in [-0.2, 0) is 5.41 Å². The average molecular weight is 275 g/mol. The lowest BCUT2D eigenvalue weighted by atomic mass is 9.93. The number of hydrogen-bond acceptors (Lipinski definition) is 4. The van der Waals surface area contributed by atoms with Crippen LogP contribution < -0.4 is 5.32 Å². The first-order valence-electron chi connectivity index (χ1n) is 6.61. The molecule has 0 saturated carbocycles. The van der Waals surface area contributed by atoms with Crippen LogP contribution in [0.2, 0.25) is 0 Å². The van der Waals surface area contributed by atoms with E-state index in [2.05, 4.69) is 49.4 Å². The minimum absolute atomic E-state index is 0.0977. The van der Waals surface area contributed by atoms with E-state index >= 15 is 0 Å². The molecule has 2 heterocycles. The van der Waals surface area contributed by atoms with Crippen molar-refractivity contribution < 1.29 is 0 Å². The normalized spacial score (nSPS) is 13.5. The van der Waals surface area contributed by atoms with E-state index in [-0.39, 0.29) is 11.5 Å². The number of nitrogens with one attached hydrogen (secondary N) is 1. The van der Waals surface area contributed by atoms with Gasteiger partial charge in [0.25, 0.3) is 0 Å². The molecule has 0 aliphatic carbocycles. The zero-order valence-electron chi connectivity index (χ0n) is 12.0. The molecule has 0 fully saturated rings. The van der Waals surface area contributed by atoms with E-state index in [4.69, 9.17) is 4.98 Å². The highest BCUT2D eigenvalue weighted by Crippen LogP contribution is 2.29. The third kappa shape index (κ3) is 3.39. The highest BCUT2D eigenvalue weighted by Gasteiger charge is 2.22. The van der Waals surface area contributed by atoms with Gasteiger partial charge in [-0.2, -0.15) is 0 Å². The van der Waals surface area contributed by atoms with Crippen molar-refractivity contribution in [2.45, 2.75) is 39.2 Å². The van der Waals surface area contributed by atoms with Crippen molar-refractivity contribution in [2.24, 2.45) is 0 Å². The molecule has 0 spiro atoms. The number of nitrogens with zero attached hydrogens (tertiary/aromatic N) is 2. The molecule has 3 nitrogen and oxygen atoms in total. The fourth-order valence-corrected chi connectivity index (χ4v) is 3.01. The van der Waals surface area contributed by atoms with E-state index < -0.39 is 0 Å². The largest absolute Gasteiger partial charge is 0.304 e. The zero-order chi connectivity index (χ0) is 13.9. The molecule has 1 N–H and O–H groups in total. The van der Waals surface area contributed by atoms with Crippen LogP contribution in [0.4, 0.5) is 0 Å². The second-order valence-electron chi connectivity index (χ2n) is 5.60. The van der Waals surface area contributed by atoms with Crippen molar-refractivity contribution in [1.29, 1.82) is 0 Å². The van der Waals surface area contributed by atoms with E-state index in [1.165, 1.54) is 5.56 Å². The highest BCUT2D eigenvalue weighted by atomic mass is 32.1. The number of pyridine rings is 1. The van der Waals surface area contributed by atoms with Crippen LogP contribution in [-0.4, -0.2) is 16.5 Å². The summed E-state index contributed by atoms with van der Waals surface area (Å²) in [5.41, 5.74) is 2.42. The average Bonchev–Trinajstić information content (AvgIpc) is 2.86. The third-order valence-electron chi connectivity index (χ3n) is 2.96. The lowest BCUT2D eigenvalue weighted by molar-refractivity contribution is 0.562. The minimum atomic E-state index is 0.0977. The van der Waals surface area contributed by atoms with Gasteiger partial charge in [0, 0.05) is 23.2 Å². The predicted octanol–water partition coefficient (Wildman–Crippen LogP) is 3.53. The number of rotatable bonds is 4. The maximum atomic E-state index is 4.81. The van der Waals surface area contributed by atoms with Gasteiger partial charge in [-0.15, -0.1) is 11.3 Å². The molecular weight excluding hydrogens is 254 g/mol. The second-order valence-corrected chi connectivity index (χ2v) is 6.49. The molecule has 102 valence electrons. The van der Waals surface area contributed by atoms with Crippen LogP contribution in [0.1, 0.15) is 50.0 Å². The maximum Gasteiger partial charge on any atom is 0.114 e. The monoisotopic (exact) mass is 275 g/mol. The molecular formula is C15H21N3S. The van der Waals surface area contributed by atoms with Crippen molar-refractivity contribution >= 4 is 11.3 Å². The van der Waals surface area contributed by atoms with E-state index in [1.807, 2.05) is 12.3 Å². The standard InChI is InChI=1S/C15H21N3S/c1-5-17-13(11-7-6-8-16-9-11)14-18-12(10-19-14)15(2,3)4/h6-10,13,17H,5H2,1-4H3. The van der Waals surface area contributed by atoms with Crippen LogP contribution in [0.15, 0.2) is 29.9 Å². The molecule has 0 amide bonds. The number of thiazole rings is 1. The van der Waals surface area contributed by atoms with Crippen LogP contribution in [0, 0.1) is 0 Å². The van der Waals surface area contributed by atoms with Gasteiger partial charge in [-0.3, -0.25) is 4.98 Å². The van der Waals surface area contributed by atoms with Gasteiger partial charge in [-0.05, 0) is 18.2 Å². The molecule has 2 rings (SSSR count). The Labute approximate surface area is 119 Å². The van der Waals surface area contributed by atoms with Gasteiger partial charge in [0.1, 0.15) is 5.01 Å². The molecule has 0 bridgehead atoms. The first-order chi connectivity index (χ1) is 9.02. The highest BCUT2D eigenvalue weighted by molar-refractivity contribution is 7.09. The Hall–Kier alpha value is -1.26. The Morgan fingerprint density at radius 3 is 2.68 bits per heavy atom. The van der Waals surface area contributed by atoms with Gasteiger partial charge in [0.15, 0.2) is 0 Å². The van der Waals surface area contributed by atoms with Gasteiger partial charge >= 0.3 is 0 Å². The van der Waals surface area contributed by atoms with Crippen molar-refractivity contribution in [1.82, 2.24) is 15.3 Å². The molecule has 0 saturated heterocycles. The predicted molar refractivity (Wildman–Crippen MR) is 80.6 cm³/mol. The van der Waals surface area contributed by atoms with Crippen molar-refractivity contribution in [3.63, 3.8) is 0 Å². The number of aromatic nitrogens is 2. The van der Waals surface area contributed by atoms with Crippen molar-refractivity contribution in [2.75, 3.05) is 6.54 Å². The van der Waals surface area contributed by atoms with E-state index in [0.717, 1.165) is 17.2 Å². The van der Waals surface area contributed by atoms with Gasteiger partial charge in [-0.1, -0.05) is 33.8 Å². The SMILES string of the molecule is CCNC(c1cccnc1)c1nc(C(C)(C)C)cs1. The first-order valence-corrected chi connectivity index (χ1v) is 7.49. The van der Waals surface area contributed by atoms with Gasteiger partial charge in [-0.25, -0.2) is 4.98 Å². The second kappa shape index (κ2) is 5.80. The Morgan fingerprint density at radius 1 is 1.37 bits per heavy atom. The fraction of sp³-hybridized carbons (Fsp3) is 0.467. The van der Waals surface area contributed by atoms with Gasteiger partial charge < -0.3 is 5.32 Å². The topological polar surface area (TPSA) is 37.8 Å². The van der Waals surface area contributed by atoms with Crippen LogP contribution >= 0.6 is 11.3 Å². The molecule has 0 radical (unpaired) electrons. The van der Waals surface area contributed by atoms with Crippen LogP contribution in [0.25, 0.3) is 0 Å². The summed E-state index contributed by atoms with van der Waals surface area (Å²) in [5, 5.41) is 6.76. The molecule has 1 atom stereocenters. The minimum Gasteiger partial charge on any atom is -0.304 e. The zero-order valence-corrected chi connectivity index (χ0v) is 12.8. The summed E-state index contributed by atoms with van der Waals surface area (Å²) in [6.07, 6.45) is 3.71. The smallest absolute Gasteiger partial charge is 0.114 e. The van der Waals surface area contributed by atoms with Crippen LogP contribution in [0.3, 0.4) is 0 Å². The Balaban J connectivity index is 2.32. The Morgan fingerprint density at radius 2 is 2.16 bits per heavy atom. The summed E-state index contributed by atoms with van der Waals surface area (Å²) in [6.45, 7) is 9.60. The Kier molecular flexibility index (Phi) is 4.32. The molecule has 0 aliphatic rings. The third-order valence-corrected chi connectivity index (χ3v) is 3.87. The lowest BCUT2D eigenvalue weighted by Crippen LogP contribution is -2.22. The van der Waals surface area contributed by atoms with E-state index in [9.17, 15) is 0 Å². The fourth-order valence-electron chi connectivity index (χ4n) is 1.86. The summed E-state index contributed by atoms with van der Waals surface area (Å²) in [4.78, 5) is 9.01. The van der Waals surface area contributed by atoms with Crippen molar-refractivity contribution in [3.8, 4) is 0 Å². The maximum absolute atomic E-state index is 4.81. The summed E-state index contributed by atoms with van der Waals surface area (Å²) in [6, 6.07) is 4.20. The Bertz CT molecular complexity index is 514. The summed E-state index contributed by atoms with van der Waals surface area (Å²) in [5.74, 6) is 0. The lowest BCUT2D eigenvalue weighted by Gasteiger charge is -2.17. The van der Waals surface area contributed by atoms with Gasteiger partial charge in [0.2, 0.25) is 0 Å². The van der Waals surface area contributed by atoms with Crippen molar-refractivity contribution in [3.05, 3.63) is 46.2 Å². The molecule has 0 aromatic carbocycles. The summed E-state index contributed by atoms with van der Waals surface area (Å²) in [7, 11) is 0. The van der Waals surface area contributed by atoms with E-state index in [1.54, 1.807) is 17.5 Å². The summed E-state index contributed by atoms with van der Waals surface area (Å²) < 4.78 is 0. The number of hydrogen-bond donors (Lipinski definition) is 1. The molecule has 1 unspecified atom stereocenters. The van der Waals surface area contributed by atoms with Gasteiger partial charge in [0.05, 0.1) is 11.7 Å². The molecule has 2 aromatic heterocycles. The molecule has 0 aliphatic heterocycles. The first kappa shape index (κ1) is 14.2. The van der Waals surface area contributed by atoms with Crippen LogP contribution in [0.5, 0.6) is 0 Å². The van der Waals surface area contributed by atoms with E-state index in [0.29, 0.717) is 0 Å². The molecule has 19 heavy (non-hydrogen) atoms. The molecule has 2 aromatic rings. The quantitative estimate of drug-likeness (QED) is 0.927. The summed E-state index contributed by atoms with van der Waals surface area (Å²) >= 11 is 1.72.